The molecule has 0 aromatic carbocycles. The van der Waals surface area contributed by atoms with Gasteiger partial charge in [-0.25, -0.2) is 15.0 Å². The van der Waals surface area contributed by atoms with E-state index in [4.69, 9.17) is 0 Å². The van der Waals surface area contributed by atoms with E-state index in [1.165, 1.54) is 0 Å². The second kappa shape index (κ2) is 8.03. The molecule has 0 spiro atoms. The molecular weight excluding hydrogens is 361 g/mol. The van der Waals surface area contributed by atoms with Crippen LogP contribution in [0.3, 0.4) is 0 Å². The Morgan fingerprint density at radius 1 is 1.22 bits per heavy atom. The van der Waals surface area contributed by atoms with Gasteiger partial charge in [0.2, 0.25) is 5.95 Å². The number of hydrogen-bond donors (Lipinski definition) is 2. The van der Waals surface area contributed by atoms with Crippen molar-refractivity contribution in [2.24, 2.45) is 0 Å². The molecule has 2 N–H and O–H groups in total. The molecule has 1 fully saturated rings. The monoisotopic (exact) mass is 382 g/mol. The molecule has 0 radical (unpaired) electrons. The van der Waals surface area contributed by atoms with Crippen LogP contribution < -0.4 is 10.6 Å². The summed E-state index contributed by atoms with van der Waals surface area (Å²) < 4.78 is 38.4. The van der Waals surface area contributed by atoms with Crippen LogP contribution in [0.4, 0.5) is 13.2 Å². The number of imidazole rings is 1. The van der Waals surface area contributed by atoms with Gasteiger partial charge >= 0.3 is 6.18 Å². The van der Waals surface area contributed by atoms with Gasteiger partial charge in [0.05, 0.1) is 6.54 Å². The minimum Gasteiger partial charge on any atom is -0.348 e. The van der Waals surface area contributed by atoms with Crippen molar-refractivity contribution in [2.75, 3.05) is 6.54 Å². The van der Waals surface area contributed by atoms with Gasteiger partial charge in [0.1, 0.15) is 12.0 Å². The van der Waals surface area contributed by atoms with Crippen LogP contribution in [0.1, 0.15) is 41.9 Å². The van der Waals surface area contributed by atoms with Crippen molar-refractivity contribution in [3.05, 3.63) is 36.2 Å². The summed E-state index contributed by atoms with van der Waals surface area (Å²) in [5.41, 5.74) is 0.905. The SMILES string of the molecule is Cc1cc(C(=O)NC2CCC(NCC(F)(F)F)CC2)nc(-n2ccnc2)n1. The highest BCUT2D eigenvalue weighted by molar-refractivity contribution is 5.92. The molecule has 2 heterocycles. The summed E-state index contributed by atoms with van der Waals surface area (Å²) in [6.07, 6.45) is 3.05. The van der Waals surface area contributed by atoms with E-state index in [1.807, 2.05) is 0 Å². The van der Waals surface area contributed by atoms with Crippen molar-refractivity contribution >= 4 is 5.91 Å². The van der Waals surface area contributed by atoms with Crippen LogP contribution in [0.2, 0.25) is 0 Å². The minimum atomic E-state index is -4.21. The Kier molecular flexibility index (Phi) is 5.73. The third-order valence-corrected chi connectivity index (χ3v) is 4.46. The van der Waals surface area contributed by atoms with Crippen molar-refractivity contribution in [1.29, 1.82) is 0 Å². The lowest BCUT2D eigenvalue weighted by atomic mass is 9.91. The van der Waals surface area contributed by atoms with E-state index in [2.05, 4.69) is 25.6 Å². The smallest absolute Gasteiger partial charge is 0.348 e. The summed E-state index contributed by atoms with van der Waals surface area (Å²) in [5, 5.41) is 5.45. The number of carbonyl (C=O) groups is 1. The van der Waals surface area contributed by atoms with E-state index in [-0.39, 0.29) is 23.7 Å². The van der Waals surface area contributed by atoms with Gasteiger partial charge < -0.3 is 10.6 Å². The zero-order valence-corrected chi connectivity index (χ0v) is 14.8. The summed E-state index contributed by atoms with van der Waals surface area (Å²) in [4.78, 5) is 25.0. The molecular formula is C17H21F3N6O. The van der Waals surface area contributed by atoms with Crippen LogP contribution >= 0.6 is 0 Å². The second-order valence-electron chi connectivity index (χ2n) is 6.68. The predicted octanol–water partition coefficient (Wildman–Crippen LogP) is 2.16. The third kappa shape index (κ3) is 5.49. The Morgan fingerprint density at radius 2 is 1.93 bits per heavy atom. The molecule has 0 saturated heterocycles. The van der Waals surface area contributed by atoms with Crippen molar-refractivity contribution in [3.8, 4) is 5.95 Å². The summed E-state index contributed by atoms with van der Waals surface area (Å²) in [6.45, 7) is 0.794. The minimum absolute atomic E-state index is 0.0756. The summed E-state index contributed by atoms with van der Waals surface area (Å²) in [5.74, 6) is 0.0475. The van der Waals surface area contributed by atoms with Crippen LogP contribution in [0.5, 0.6) is 0 Å². The van der Waals surface area contributed by atoms with Gasteiger partial charge in [-0.3, -0.25) is 9.36 Å². The molecule has 3 rings (SSSR count). The Balaban J connectivity index is 1.56. The first-order valence-corrected chi connectivity index (χ1v) is 8.75. The number of halogens is 3. The van der Waals surface area contributed by atoms with E-state index < -0.39 is 12.7 Å². The van der Waals surface area contributed by atoms with Gasteiger partial charge in [-0.2, -0.15) is 13.2 Å². The first-order chi connectivity index (χ1) is 12.8. The van der Waals surface area contributed by atoms with E-state index in [9.17, 15) is 18.0 Å². The molecule has 0 unspecified atom stereocenters. The van der Waals surface area contributed by atoms with Gasteiger partial charge in [-0.05, 0) is 38.7 Å². The van der Waals surface area contributed by atoms with Crippen molar-refractivity contribution in [2.45, 2.75) is 50.9 Å². The van der Waals surface area contributed by atoms with Crippen molar-refractivity contribution in [3.63, 3.8) is 0 Å². The molecule has 27 heavy (non-hydrogen) atoms. The first-order valence-electron chi connectivity index (χ1n) is 8.75. The lowest BCUT2D eigenvalue weighted by Gasteiger charge is -2.30. The third-order valence-electron chi connectivity index (χ3n) is 4.46. The lowest BCUT2D eigenvalue weighted by Crippen LogP contribution is -2.44. The van der Waals surface area contributed by atoms with Gasteiger partial charge in [-0.1, -0.05) is 0 Å². The maximum absolute atomic E-state index is 12.5. The Hall–Kier alpha value is -2.49. The molecule has 146 valence electrons. The zero-order valence-electron chi connectivity index (χ0n) is 14.8. The fourth-order valence-electron chi connectivity index (χ4n) is 3.12. The fraction of sp³-hybridized carbons (Fsp3) is 0.529. The molecule has 2 aromatic rings. The number of carbonyl (C=O) groups excluding carboxylic acids is 1. The van der Waals surface area contributed by atoms with Crippen LogP contribution in [0.25, 0.3) is 5.95 Å². The van der Waals surface area contributed by atoms with Crippen LogP contribution in [0, 0.1) is 6.92 Å². The van der Waals surface area contributed by atoms with Crippen molar-refractivity contribution < 1.29 is 18.0 Å². The molecule has 0 atom stereocenters. The number of nitrogens with zero attached hydrogens (tertiary/aromatic N) is 4. The maximum Gasteiger partial charge on any atom is 0.401 e. The highest BCUT2D eigenvalue weighted by Gasteiger charge is 2.30. The van der Waals surface area contributed by atoms with E-state index in [1.54, 1.807) is 36.3 Å². The highest BCUT2D eigenvalue weighted by atomic mass is 19.4. The van der Waals surface area contributed by atoms with Gasteiger partial charge in [0.25, 0.3) is 5.91 Å². The van der Waals surface area contributed by atoms with E-state index in [0.717, 1.165) is 0 Å². The number of aryl methyl sites for hydroxylation is 1. The van der Waals surface area contributed by atoms with Gasteiger partial charge in [-0.15, -0.1) is 0 Å². The lowest BCUT2D eigenvalue weighted by molar-refractivity contribution is -0.126. The fourth-order valence-corrected chi connectivity index (χ4v) is 3.12. The molecule has 1 saturated carbocycles. The number of alkyl halides is 3. The molecule has 1 aliphatic carbocycles. The van der Waals surface area contributed by atoms with Crippen molar-refractivity contribution in [1.82, 2.24) is 30.2 Å². The number of aromatic nitrogens is 4. The van der Waals surface area contributed by atoms with Crippen LogP contribution in [-0.2, 0) is 0 Å². The number of hydrogen-bond acceptors (Lipinski definition) is 5. The summed E-state index contributed by atoms with van der Waals surface area (Å²) >= 11 is 0. The topological polar surface area (TPSA) is 84.7 Å². The number of rotatable bonds is 5. The molecule has 0 aliphatic heterocycles. The molecule has 2 aromatic heterocycles. The standard InChI is InChI=1S/C17H21F3N6O/c1-11-8-14(25-16(23-11)26-7-6-21-10-26)15(27)24-13-4-2-12(3-5-13)22-9-17(18,19)20/h6-8,10,12-13,22H,2-5,9H2,1H3,(H,24,27). The largest absolute Gasteiger partial charge is 0.401 e. The van der Waals surface area contributed by atoms with Gasteiger partial charge in [0.15, 0.2) is 0 Å². The Bertz CT molecular complexity index is 769. The Labute approximate surface area is 154 Å². The average Bonchev–Trinajstić information content (AvgIpc) is 3.14. The molecule has 0 bridgehead atoms. The molecule has 1 amide bonds. The highest BCUT2D eigenvalue weighted by Crippen LogP contribution is 2.21. The van der Waals surface area contributed by atoms with E-state index in [0.29, 0.717) is 37.3 Å². The van der Waals surface area contributed by atoms with Gasteiger partial charge in [0, 0.05) is 30.2 Å². The molecule has 1 aliphatic rings. The first kappa shape index (κ1) is 19.3. The normalized spacial score (nSPS) is 20.4. The quantitative estimate of drug-likeness (QED) is 0.828. The maximum atomic E-state index is 12.5. The zero-order chi connectivity index (χ0) is 19.4. The summed E-state index contributed by atoms with van der Waals surface area (Å²) in [6, 6.07) is 1.36. The predicted molar refractivity (Wildman–Crippen MR) is 91.5 cm³/mol. The Morgan fingerprint density at radius 3 is 2.56 bits per heavy atom. The number of nitrogens with one attached hydrogen (secondary N) is 2. The summed E-state index contributed by atoms with van der Waals surface area (Å²) in [7, 11) is 0. The van der Waals surface area contributed by atoms with E-state index >= 15 is 0 Å². The van der Waals surface area contributed by atoms with Crippen LogP contribution in [-0.4, -0.2) is 50.2 Å². The molecule has 7 nitrogen and oxygen atoms in total. The molecule has 10 heteroatoms. The van der Waals surface area contributed by atoms with Crippen LogP contribution in [0.15, 0.2) is 24.8 Å². The average molecular weight is 382 g/mol. The second-order valence-corrected chi connectivity index (χ2v) is 6.68. The number of amides is 1.